The summed E-state index contributed by atoms with van der Waals surface area (Å²) in [7, 11) is 0. The number of para-hydroxylation sites is 1. The topological polar surface area (TPSA) is 81.7 Å². The van der Waals surface area contributed by atoms with Crippen LogP contribution < -0.4 is 5.32 Å². The molecule has 0 aliphatic carbocycles. The van der Waals surface area contributed by atoms with Gasteiger partial charge in [0, 0.05) is 4.47 Å². The molecule has 2 aromatic rings. The fourth-order valence-corrected chi connectivity index (χ4v) is 2.45. The lowest BCUT2D eigenvalue weighted by molar-refractivity contribution is -0.119. The second-order valence-corrected chi connectivity index (χ2v) is 5.72. The SMILES string of the molecule is CCOC(=O)c1ccccc1NC(=O)COC(=O)c1ccccc1Br. The van der Waals surface area contributed by atoms with Crippen molar-refractivity contribution in [2.24, 2.45) is 0 Å². The van der Waals surface area contributed by atoms with Gasteiger partial charge in [0.05, 0.1) is 23.4 Å². The van der Waals surface area contributed by atoms with Gasteiger partial charge < -0.3 is 14.8 Å². The van der Waals surface area contributed by atoms with Gasteiger partial charge in [-0.1, -0.05) is 24.3 Å². The van der Waals surface area contributed by atoms with Crippen LogP contribution in [-0.4, -0.2) is 31.1 Å². The van der Waals surface area contributed by atoms with E-state index in [2.05, 4.69) is 21.2 Å². The van der Waals surface area contributed by atoms with Crippen LogP contribution in [0.5, 0.6) is 0 Å². The van der Waals surface area contributed by atoms with Crippen LogP contribution in [0.3, 0.4) is 0 Å². The molecule has 0 atom stereocenters. The predicted octanol–water partition coefficient (Wildman–Crippen LogP) is 3.42. The highest BCUT2D eigenvalue weighted by Crippen LogP contribution is 2.18. The number of amides is 1. The van der Waals surface area contributed by atoms with E-state index in [-0.39, 0.29) is 12.2 Å². The van der Waals surface area contributed by atoms with Gasteiger partial charge in [-0.05, 0) is 47.1 Å². The molecule has 25 heavy (non-hydrogen) atoms. The maximum atomic E-state index is 12.0. The summed E-state index contributed by atoms with van der Waals surface area (Å²) in [4.78, 5) is 35.9. The van der Waals surface area contributed by atoms with E-state index in [1.807, 2.05) is 0 Å². The Hall–Kier alpha value is -2.67. The number of benzene rings is 2. The molecule has 7 heteroatoms. The maximum Gasteiger partial charge on any atom is 0.340 e. The third kappa shape index (κ3) is 5.15. The van der Waals surface area contributed by atoms with Gasteiger partial charge in [0.25, 0.3) is 5.91 Å². The lowest BCUT2D eigenvalue weighted by Gasteiger charge is -2.11. The number of rotatable bonds is 6. The highest BCUT2D eigenvalue weighted by atomic mass is 79.9. The van der Waals surface area contributed by atoms with E-state index < -0.39 is 24.5 Å². The third-order valence-electron chi connectivity index (χ3n) is 3.12. The highest BCUT2D eigenvalue weighted by Gasteiger charge is 2.16. The van der Waals surface area contributed by atoms with Gasteiger partial charge in [0.1, 0.15) is 0 Å². The normalized spacial score (nSPS) is 10.0. The number of hydrogen-bond acceptors (Lipinski definition) is 5. The summed E-state index contributed by atoms with van der Waals surface area (Å²) in [6.45, 7) is 1.45. The summed E-state index contributed by atoms with van der Waals surface area (Å²) in [6, 6.07) is 13.2. The Morgan fingerprint density at radius 1 is 0.920 bits per heavy atom. The van der Waals surface area contributed by atoms with Crippen molar-refractivity contribution in [3.05, 3.63) is 64.1 Å². The Morgan fingerprint density at radius 3 is 2.20 bits per heavy atom. The van der Waals surface area contributed by atoms with Gasteiger partial charge in [0.2, 0.25) is 0 Å². The van der Waals surface area contributed by atoms with E-state index in [1.54, 1.807) is 55.5 Å². The summed E-state index contributed by atoms with van der Waals surface area (Å²) < 4.78 is 10.5. The molecule has 1 amide bonds. The van der Waals surface area contributed by atoms with Crippen LogP contribution in [0.15, 0.2) is 53.0 Å². The largest absolute Gasteiger partial charge is 0.462 e. The molecule has 0 saturated heterocycles. The van der Waals surface area contributed by atoms with Crippen LogP contribution in [0.2, 0.25) is 0 Å². The van der Waals surface area contributed by atoms with E-state index in [1.165, 1.54) is 0 Å². The molecule has 0 bridgehead atoms. The first-order chi connectivity index (χ1) is 12.0. The number of hydrogen-bond donors (Lipinski definition) is 1. The van der Waals surface area contributed by atoms with Crippen molar-refractivity contribution in [2.75, 3.05) is 18.5 Å². The van der Waals surface area contributed by atoms with Crippen LogP contribution in [0.4, 0.5) is 5.69 Å². The summed E-state index contributed by atoms with van der Waals surface area (Å²) in [5.41, 5.74) is 0.847. The Balaban J connectivity index is 1.98. The van der Waals surface area contributed by atoms with Gasteiger partial charge in [-0.25, -0.2) is 9.59 Å². The fraction of sp³-hybridized carbons (Fsp3) is 0.167. The van der Waals surface area contributed by atoms with E-state index in [9.17, 15) is 14.4 Å². The van der Waals surface area contributed by atoms with Crippen LogP contribution in [-0.2, 0) is 14.3 Å². The first kappa shape index (κ1) is 18.7. The van der Waals surface area contributed by atoms with Crippen molar-refractivity contribution in [1.82, 2.24) is 0 Å². The lowest BCUT2D eigenvalue weighted by Crippen LogP contribution is -2.22. The van der Waals surface area contributed by atoms with E-state index >= 15 is 0 Å². The summed E-state index contributed by atoms with van der Waals surface area (Å²) in [5, 5.41) is 2.54. The first-order valence-electron chi connectivity index (χ1n) is 7.50. The van der Waals surface area contributed by atoms with Gasteiger partial charge in [0.15, 0.2) is 6.61 Å². The Morgan fingerprint density at radius 2 is 1.52 bits per heavy atom. The smallest absolute Gasteiger partial charge is 0.340 e. The number of carbonyl (C=O) groups is 3. The maximum absolute atomic E-state index is 12.0. The first-order valence-corrected chi connectivity index (χ1v) is 8.30. The second-order valence-electron chi connectivity index (χ2n) is 4.87. The fourth-order valence-electron chi connectivity index (χ4n) is 2.00. The van der Waals surface area contributed by atoms with Crippen molar-refractivity contribution in [3.8, 4) is 0 Å². The van der Waals surface area contributed by atoms with E-state index in [4.69, 9.17) is 9.47 Å². The van der Waals surface area contributed by atoms with Crippen LogP contribution >= 0.6 is 15.9 Å². The van der Waals surface area contributed by atoms with Gasteiger partial charge >= 0.3 is 11.9 Å². The molecule has 1 N–H and O–H groups in total. The molecule has 2 rings (SSSR count). The molecule has 0 radical (unpaired) electrons. The third-order valence-corrected chi connectivity index (χ3v) is 3.82. The van der Waals surface area contributed by atoms with Gasteiger partial charge in [-0.3, -0.25) is 4.79 Å². The number of ether oxygens (including phenoxy) is 2. The summed E-state index contributed by atoms with van der Waals surface area (Å²) in [6.07, 6.45) is 0. The second kappa shape index (κ2) is 8.98. The minimum atomic E-state index is -0.624. The minimum absolute atomic E-state index is 0.227. The van der Waals surface area contributed by atoms with E-state index in [0.29, 0.717) is 15.7 Å². The number of halogens is 1. The Kier molecular flexibility index (Phi) is 6.71. The molecule has 6 nitrogen and oxygen atoms in total. The number of anilines is 1. The zero-order valence-electron chi connectivity index (χ0n) is 13.5. The molecule has 0 aromatic heterocycles. The van der Waals surface area contributed by atoms with Crippen molar-refractivity contribution >= 4 is 39.5 Å². The highest BCUT2D eigenvalue weighted by molar-refractivity contribution is 9.10. The lowest BCUT2D eigenvalue weighted by atomic mass is 10.2. The van der Waals surface area contributed by atoms with Crippen LogP contribution in [0, 0.1) is 0 Å². The molecular weight excluding hydrogens is 390 g/mol. The van der Waals surface area contributed by atoms with Crippen molar-refractivity contribution < 1.29 is 23.9 Å². The molecule has 0 aliphatic heterocycles. The zero-order chi connectivity index (χ0) is 18.2. The van der Waals surface area contributed by atoms with Crippen LogP contribution in [0.1, 0.15) is 27.6 Å². The van der Waals surface area contributed by atoms with Crippen molar-refractivity contribution in [3.63, 3.8) is 0 Å². The van der Waals surface area contributed by atoms with Crippen molar-refractivity contribution in [2.45, 2.75) is 6.92 Å². The monoisotopic (exact) mass is 405 g/mol. The quantitative estimate of drug-likeness (QED) is 0.744. The molecule has 0 unspecified atom stereocenters. The number of carbonyl (C=O) groups excluding carboxylic acids is 3. The molecular formula is C18H16BrNO5. The van der Waals surface area contributed by atoms with Gasteiger partial charge in [-0.15, -0.1) is 0 Å². The molecule has 0 fully saturated rings. The summed E-state index contributed by atoms with van der Waals surface area (Å²) in [5.74, 6) is -1.72. The summed E-state index contributed by atoms with van der Waals surface area (Å²) >= 11 is 3.25. The molecule has 0 heterocycles. The van der Waals surface area contributed by atoms with Crippen molar-refractivity contribution in [1.29, 1.82) is 0 Å². The average Bonchev–Trinajstić information content (AvgIpc) is 2.60. The number of nitrogens with one attached hydrogen (secondary N) is 1. The minimum Gasteiger partial charge on any atom is -0.462 e. The van der Waals surface area contributed by atoms with Gasteiger partial charge in [-0.2, -0.15) is 0 Å². The van der Waals surface area contributed by atoms with Crippen LogP contribution in [0.25, 0.3) is 0 Å². The van der Waals surface area contributed by atoms with E-state index in [0.717, 1.165) is 0 Å². The Bertz CT molecular complexity index is 791. The molecule has 0 aliphatic rings. The molecule has 0 spiro atoms. The average molecular weight is 406 g/mol. The Labute approximate surface area is 153 Å². The standard InChI is InChI=1S/C18H16BrNO5/c1-2-24-18(23)13-8-4-6-10-15(13)20-16(21)11-25-17(22)12-7-3-5-9-14(12)19/h3-10H,2,11H2,1H3,(H,20,21). The predicted molar refractivity (Wildman–Crippen MR) is 95.5 cm³/mol. The molecule has 0 saturated carbocycles. The zero-order valence-corrected chi connectivity index (χ0v) is 15.0. The molecule has 130 valence electrons. The molecule has 2 aromatic carbocycles. The number of esters is 2.